The summed E-state index contributed by atoms with van der Waals surface area (Å²) in [4.78, 5) is 32.9. The number of carbonyl (C=O) groups is 2. The van der Waals surface area contributed by atoms with Crippen molar-refractivity contribution < 1.29 is 9.59 Å². The smallest absolute Gasteiger partial charge is 0.238 e. The average molecular weight is 340 g/mol. The number of amides is 2. The SMILES string of the molecule is CCN1C(=O)[C@@H]2[C@H](c3ccc(C)cc3)Cc3nc(C)sc3[C@@H]2C1=O. The summed E-state index contributed by atoms with van der Waals surface area (Å²) in [6.07, 6.45) is 0.737. The van der Waals surface area contributed by atoms with Gasteiger partial charge in [-0.25, -0.2) is 4.98 Å². The largest absolute Gasteiger partial charge is 0.282 e. The molecule has 1 fully saturated rings. The second-order valence-corrected chi connectivity index (χ2v) is 7.92. The fourth-order valence-electron chi connectivity index (χ4n) is 4.09. The quantitative estimate of drug-likeness (QED) is 0.789. The Hall–Kier alpha value is -2.01. The number of hydrogen-bond acceptors (Lipinski definition) is 4. The van der Waals surface area contributed by atoms with Crippen molar-refractivity contribution in [3.63, 3.8) is 0 Å². The molecule has 1 aliphatic carbocycles. The average Bonchev–Trinajstić information content (AvgIpc) is 3.04. The number of likely N-dealkylation sites (tertiary alicyclic amines) is 1. The summed E-state index contributed by atoms with van der Waals surface area (Å²) in [6, 6.07) is 8.33. The Bertz CT molecular complexity index is 824. The number of aromatic nitrogens is 1. The third-order valence-electron chi connectivity index (χ3n) is 5.23. The molecule has 1 aromatic heterocycles. The number of rotatable bonds is 2. The summed E-state index contributed by atoms with van der Waals surface area (Å²) < 4.78 is 0. The molecule has 2 heterocycles. The van der Waals surface area contributed by atoms with Crippen LogP contribution in [0.4, 0.5) is 0 Å². The number of carbonyl (C=O) groups excluding carboxylic acids is 2. The number of fused-ring (bicyclic) bond motifs is 3. The molecule has 24 heavy (non-hydrogen) atoms. The van der Waals surface area contributed by atoms with E-state index in [-0.39, 0.29) is 29.6 Å². The number of nitrogens with zero attached hydrogens (tertiary/aromatic N) is 2. The first-order chi connectivity index (χ1) is 11.5. The molecule has 2 amide bonds. The zero-order chi connectivity index (χ0) is 17.0. The van der Waals surface area contributed by atoms with Crippen molar-refractivity contribution in [2.24, 2.45) is 5.92 Å². The lowest BCUT2D eigenvalue weighted by atomic mass is 9.72. The van der Waals surface area contributed by atoms with Crippen LogP contribution >= 0.6 is 11.3 Å². The van der Waals surface area contributed by atoms with Gasteiger partial charge in [-0.3, -0.25) is 14.5 Å². The third-order valence-corrected chi connectivity index (χ3v) is 6.32. The monoisotopic (exact) mass is 340 g/mol. The van der Waals surface area contributed by atoms with Crippen LogP contribution < -0.4 is 0 Å². The lowest BCUT2D eigenvalue weighted by Crippen LogP contribution is -2.32. The molecular formula is C19H20N2O2S. The molecule has 5 heteroatoms. The standard InChI is InChI=1S/C19H20N2O2S/c1-4-21-18(22)15-13(12-7-5-10(2)6-8-12)9-14-17(16(15)19(21)23)24-11(3)20-14/h5-8,13,15-16H,4,9H2,1-3H3/t13-,15+,16+/m0/s1. The van der Waals surface area contributed by atoms with E-state index in [9.17, 15) is 9.59 Å². The van der Waals surface area contributed by atoms with Crippen LogP contribution in [0.25, 0.3) is 0 Å². The number of thiazole rings is 1. The minimum absolute atomic E-state index is 0.0187. The highest BCUT2D eigenvalue weighted by molar-refractivity contribution is 7.12. The Morgan fingerprint density at radius 2 is 1.88 bits per heavy atom. The second kappa shape index (κ2) is 5.52. The van der Waals surface area contributed by atoms with E-state index in [0.717, 1.165) is 27.6 Å². The maximum absolute atomic E-state index is 12.9. The van der Waals surface area contributed by atoms with Crippen LogP contribution in [0.15, 0.2) is 24.3 Å². The van der Waals surface area contributed by atoms with Crippen LogP contribution in [-0.2, 0) is 16.0 Å². The molecule has 0 N–H and O–H groups in total. The van der Waals surface area contributed by atoms with E-state index >= 15 is 0 Å². The van der Waals surface area contributed by atoms with Gasteiger partial charge in [0.05, 0.1) is 22.5 Å². The van der Waals surface area contributed by atoms with Crippen molar-refractivity contribution in [2.45, 2.75) is 39.0 Å². The Balaban J connectivity index is 1.86. The van der Waals surface area contributed by atoms with Crippen LogP contribution in [0.1, 0.15) is 45.5 Å². The summed E-state index contributed by atoms with van der Waals surface area (Å²) in [5.74, 6) is -0.673. The van der Waals surface area contributed by atoms with E-state index < -0.39 is 0 Å². The molecule has 1 saturated heterocycles. The molecular weight excluding hydrogens is 320 g/mol. The molecule has 124 valence electrons. The van der Waals surface area contributed by atoms with Gasteiger partial charge in [0, 0.05) is 17.3 Å². The summed E-state index contributed by atoms with van der Waals surface area (Å²) in [6.45, 7) is 6.33. The highest BCUT2D eigenvalue weighted by Crippen LogP contribution is 2.51. The molecule has 1 aromatic carbocycles. The first-order valence-corrected chi connectivity index (χ1v) is 9.21. The van der Waals surface area contributed by atoms with Gasteiger partial charge in [-0.15, -0.1) is 11.3 Å². The lowest BCUT2D eigenvalue weighted by Gasteiger charge is -2.30. The van der Waals surface area contributed by atoms with Gasteiger partial charge in [-0.05, 0) is 32.8 Å². The maximum Gasteiger partial charge on any atom is 0.238 e. The predicted octanol–water partition coefficient (Wildman–Crippen LogP) is 3.19. The van der Waals surface area contributed by atoms with Crippen molar-refractivity contribution in [2.75, 3.05) is 6.54 Å². The predicted molar refractivity (Wildman–Crippen MR) is 93.1 cm³/mol. The molecule has 0 saturated carbocycles. The van der Waals surface area contributed by atoms with E-state index in [0.29, 0.717) is 6.54 Å². The van der Waals surface area contributed by atoms with Crippen molar-refractivity contribution in [3.05, 3.63) is 51.0 Å². The Labute approximate surface area is 145 Å². The van der Waals surface area contributed by atoms with E-state index in [1.165, 1.54) is 10.5 Å². The van der Waals surface area contributed by atoms with Gasteiger partial charge in [0.15, 0.2) is 0 Å². The molecule has 0 bridgehead atoms. The summed E-state index contributed by atoms with van der Waals surface area (Å²) in [5, 5.41) is 0.971. The van der Waals surface area contributed by atoms with Gasteiger partial charge in [-0.1, -0.05) is 29.8 Å². The number of imide groups is 1. The molecule has 1 aliphatic heterocycles. The second-order valence-electron chi connectivity index (χ2n) is 6.69. The normalized spacial score (nSPS) is 25.8. The van der Waals surface area contributed by atoms with Gasteiger partial charge in [0.25, 0.3) is 0 Å². The van der Waals surface area contributed by atoms with Gasteiger partial charge in [0.2, 0.25) is 11.8 Å². The maximum atomic E-state index is 12.9. The third kappa shape index (κ3) is 2.14. The van der Waals surface area contributed by atoms with Gasteiger partial charge >= 0.3 is 0 Å². The topological polar surface area (TPSA) is 50.3 Å². The number of aryl methyl sites for hydroxylation is 2. The molecule has 2 aromatic rings. The van der Waals surface area contributed by atoms with Crippen LogP contribution in [0, 0.1) is 19.8 Å². The summed E-state index contributed by atoms with van der Waals surface area (Å²) in [7, 11) is 0. The molecule has 4 nitrogen and oxygen atoms in total. The van der Waals surface area contributed by atoms with Gasteiger partial charge in [-0.2, -0.15) is 0 Å². The summed E-state index contributed by atoms with van der Waals surface area (Å²) in [5.41, 5.74) is 3.33. The fourth-order valence-corrected chi connectivity index (χ4v) is 5.19. The highest BCUT2D eigenvalue weighted by atomic mass is 32.1. The molecule has 2 aliphatic rings. The Morgan fingerprint density at radius 1 is 1.17 bits per heavy atom. The minimum Gasteiger partial charge on any atom is -0.282 e. The van der Waals surface area contributed by atoms with E-state index in [4.69, 9.17) is 0 Å². The fraction of sp³-hybridized carbons (Fsp3) is 0.421. The number of benzene rings is 1. The van der Waals surface area contributed by atoms with Crippen molar-refractivity contribution in [1.29, 1.82) is 0 Å². The van der Waals surface area contributed by atoms with Gasteiger partial charge < -0.3 is 0 Å². The van der Waals surface area contributed by atoms with Crippen LogP contribution in [0.3, 0.4) is 0 Å². The zero-order valence-corrected chi connectivity index (χ0v) is 14.9. The minimum atomic E-state index is -0.348. The van der Waals surface area contributed by atoms with Crippen LogP contribution in [0.2, 0.25) is 0 Å². The Morgan fingerprint density at radius 3 is 2.54 bits per heavy atom. The van der Waals surface area contributed by atoms with Crippen molar-refractivity contribution in [1.82, 2.24) is 9.88 Å². The molecule has 4 rings (SSSR count). The molecule has 3 atom stereocenters. The molecule has 0 radical (unpaired) electrons. The highest BCUT2D eigenvalue weighted by Gasteiger charge is 2.55. The van der Waals surface area contributed by atoms with Gasteiger partial charge in [0.1, 0.15) is 0 Å². The summed E-state index contributed by atoms with van der Waals surface area (Å²) >= 11 is 1.57. The lowest BCUT2D eigenvalue weighted by molar-refractivity contribution is -0.139. The first kappa shape index (κ1) is 15.5. The van der Waals surface area contributed by atoms with E-state index in [2.05, 4.69) is 36.2 Å². The number of likely N-dealkylation sites (N-methyl/N-ethyl adjacent to an activating group) is 1. The number of hydrogen-bond donors (Lipinski definition) is 0. The van der Waals surface area contributed by atoms with E-state index in [1.54, 1.807) is 11.3 Å². The first-order valence-electron chi connectivity index (χ1n) is 8.39. The van der Waals surface area contributed by atoms with E-state index in [1.807, 2.05) is 13.8 Å². The van der Waals surface area contributed by atoms with Crippen molar-refractivity contribution >= 4 is 23.2 Å². The van der Waals surface area contributed by atoms with Crippen molar-refractivity contribution in [3.8, 4) is 0 Å². The Kier molecular flexibility index (Phi) is 3.57. The van der Waals surface area contributed by atoms with Crippen LogP contribution in [0.5, 0.6) is 0 Å². The molecule has 0 unspecified atom stereocenters. The van der Waals surface area contributed by atoms with Crippen LogP contribution in [-0.4, -0.2) is 28.2 Å². The molecule has 0 spiro atoms. The zero-order valence-electron chi connectivity index (χ0n) is 14.1.